The summed E-state index contributed by atoms with van der Waals surface area (Å²) in [6, 6.07) is 4.66. The van der Waals surface area contributed by atoms with Gasteiger partial charge in [0.25, 0.3) is 10.0 Å². The zero-order chi connectivity index (χ0) is 14.0. The van der Waals surface area contributed by atoms with Gasteiger partial charge in [-0.15, -0.1) is 0 Å². The Labute approximate surface area is 124 Å². The van der Waals surface area contributed by atoms with E-state index >= 15 is 0 Å². The first kappa shape index (κ1) is 14.2. The molecule has 2 rings (SSSR count). The summed E-state index contributed by atoms with van der Waals surface area (Å²) in [6.07, 6.45) is 3.01. The minimum absolute atomic E-state index is 0.0859. The van der Waals surface area contributed by atoms with Gasteiger partial charge in [0.15, 0.2) is 0 Å². The number of pyridine rings is 2. The van der Waals surface area contributed by atoms with Gasteiger partial charge in [-0.1, -0.05) is 11.6 Å². The molecule has 0 saturated carbocycles. The molecule has 0 atom stereocenters. The average Bonchev–Trinajstić information content (AvgIpc) is 2.35. The van der Waals surface area contributed by atoms with Crippen molar-refractivity contribution in [3.05, 3.63) is 45.9 Å². The third kappa shape index (κ3) is 3.23. The summed E-state index contributed by atoms with van der Waals surface area (Å²) in [5.74, 6) is 0. The van der Waals surface area contributed by atoms with Crippen molar-refractivity contribution in [2.45, 2.75) is 11.8 Å². The Morgan fingerprint density at radius 3 is 2.79 bits per heavy atom. The normalized spacial score (nSPS) is 11.3. The zero-order valence-corrected chi connectivity index (χ0v) is 12.9. The first-order valence-electron chi connectivity index (χ1n) is 5.15. The van der Waals surface area contributed by atoms with Crippen molar-refractivity contribution in [3.63, 3.8) is 0 Å². The zero-order valence-electron chi connectivity index (χ0n) is 9.76. The van der Waals surface area contributed by atoms with E-state index in [4.69, 9.17) is 11.6 Å². The predicted molar refractivity (Wildman–Crippen MR) is 76.7 cm³/mol. The Morgan fingerprint density at radius 2 is 2.11 bits per heavy atom. The monoisotopic (exact) mass is 361 g/mol. The summed E-state index contributed by atoms with van der Waals surface area (Å²) in [4.78, 5) is 7.71. The van der Waals surface area contributed by atoms with Crippen LogP contribution in [0.3, 0.4) is 0 Å². The number of hydrogen-bond acceptors (Lipinski definition) is 4. The maximum Gasteiger partial charge on any atom is 0.265 e. The largest absolute Gasteiger partial charge is 0.278 e. The molecule has 0 amide bonds. The van der Waals surface area contributed by atoms with Gasteiger partial charge >= 0.3 is 0 Å². The lowest BCUT2D eigenvalue weighted by Gasteiger charge is -2.10. The molecular weight excluding hydrogens is 354 g/mol. The van der Waals surface area contributed by atoms with Gasteiger partial charge < -0.3 is 0 Å². The quantitative estimate of drug-likeness (QED) is 0.852. The van der Waals surface area contributed by atoms with E-state index in [2.05, 4.69) is 30.6 Å². The molecule has 2 heterocycles. The fourth-order valence-corrected chi connectivity index (χ4v) is 3.45. The Hall–Kier alpha value is -1.18. The first-order chi connectivity index (χ1) is 8.90. The molecule has 0 spiro atoms. The van der Waals surface area contributed by atoms with Crippen molar-refractivity contribution >= 4 is 43.2 Å². The van der Waals surface area contributed by atoms with Crippen LogP contribution in [0.25, 0.3) is 0 Å². The number of halogens is 2. The van der Waals surface area contributed by atoms with Crippen molar-refractivity contribution in [3.8, 4) is 0 Å². The Morgan fingerprint density at radius 1 is 1.37 bits per heavy atom. The number of aryl methyl sites for hydroxylation is 1. The number of sulfonamides is 1. The average molecular weight is 363 g/mol. The van der Waals surface area contributed by atoms with E-state index in [0.29, 0.717) is 15.9 Å². The van der Waals surface area contributed by atoms with E-state index in [1.807, 2.05) is 0 Å². The second kappa shape index (κ2) is 5.44. The maximum atomic E-state index is 12.2. The van der Waals surface area contributed by atoms with Crippen molar-refractivity contribution in [1.82, 2.24) is 9.97 Å². The molecule has 0 aliphatic rings. The summed E-state index contributed by atoms with van der Waals surface area (Å²) < 4.78 is 27.4. The van der Waals surface area contributed by atoms with Gasteiger partial charge in [-0.05, 0) is 41.1 Å². The lowest BCUT2D eigenvalue weighted by molar-refractivity contribution is 0.600. The van der Waals surface area contributed by atoms with Crippen LogP contribution in [0.1, 0.15) is 5.69 Å². The molecule has 0 fully saturated rings. The van der Waals surface area contributed by atoms with Crippen molar-refractivity contribution < 1.29 is 8.42 Å². The molecule has 0 aliphatic heterocycles. The van der Waals surface area contributed by atoms with E-state index in [1.54, 1.807) is 25.3 Å². The molecule has 0 unspecified atom stereocenters. The molecule has 0 saturated heterocycles. The second-order valence-corrected chi connectivity index (χ2v) is 6.61. The van der Waals surface area contributed by atoms with Crippen LogP contribution in [0.15, 0.2) is 40.0 Å². The van der Waals surface area contributed by atoms with Crippen LogP contribution in [-0.4, -0.2) is 18.4 Å². The fourth-order valence-electron chi connectivity index (χ4n) is 1.38. The smallest absolute Gasteiger partial charge is 0.265 e. The SMILES string of the molecule is Cc1ncccc1NS(=O)(=O)c1cc(Br)cnc1Cl. The molecule has 1 N–H and O–H groups in total. The molecule has 0 aliphatic carbocycles. The van der Waals surface area contributed by atoms with Crippen molar-refractivity contribution in [2.24, 2.45) is 0 Å². The number of nitrogens with zero attached hydrogens (tertiary/aromatic N) is 2. The highest BCUT2D eigenvalue weighted by Crippen LogP contribution is 2.25. The van der Waals surface area contributed by atoms with Gasteiger partial charge in [-0.3, -0.25) is 9.71 Å². The number of rotatable bonds is 3. The second-order valence-electron chi connectivity index (χ2n) is 3.68. The van der Waals surface area contributed by atoms with E-state index < -0.39 is 10.0 Å². The van der Waals surface area contributed by atoms with E-state index in [-0.39, 0.29) is 10.0 Å². The molecule has 19 heavy (non-hydrogen) atoms. The van der Waals surface area contributed by atoms with Crippen LogP contribution in [0.5, 0.6) is 0 Å². The topological polar surface area (TPSA) is 72.0 Å². The minimum Gasteiger partial charge on any atom is -0.278 e. The highest BCUT2D eigenvalue weighted by molar-refractivity contribution is 9.10. The van der Waals surface area contributed by atoms with Gasteiger partial charge in [0.05, 0.1) is 11.4 Å². The Balaban J connectivity index is 2.44. The van der Waals surface area contributed by atoms with Gasteiger partial charge in [0, 0.05) is 16.9 Å². The first-order valence-corrected chi connectivity index (χ1v) is 7.81. The number of nitrogens with one attached hydrogen (secondary N) is 1. The molecular formula is C11H9BrClN3O2S. The Bertz CT molecular complexity index is 722. The van der Waals surface area contributed by atoms with Gasteiger partial charge in [-0.2, -0.15) is 0 Å². The van der Waals surface area contributed by atoms with Crippen LogP contribution in [0.4, 0.5) is 5.69 Å². The number of aromatic nitrogens is 2. The summed E-state index contributed by atoms with van der Waals surface area (Å²) in [5, 5.41) is -0.0859. The summed E-state index contributed by atoms with van der Waals surface area (Å²) in [7, 11) is -3.80. The van der Waals surface area contributed by atoms with Gasteiger partial charge in [0.2, 0.25) is 0 Å². The minimum atomic E-state index is -3.80. The van der Waals surface area contributed by atoms with E-state index in [1.165, 1.54) is 12.3 Å². The highest BCUT2D eigenvalue weighted by Gasteiger charge is 2.20. The van der Waals surface area contributed by atoms with Crippen LogP contribution >= 0.6 is 27.5 Å². The third-order valence-electron chi connectivity index (χ3n) is 2.31. The fraction of sp³-hybridized carbons (Fsp3) is 0.0909. The van der Waals surface area contributed by atoms with Gasteiger partial charge in [-0.25, -0.2) is 13.4 Å². The van der Waals surface area contributed by atoms with Crippen LogP contribution in [0.2, 0.25) is 5.15 Å². The standard InChI is InChI=1S/C11H9BrClN3O2S/c1-7-9(3-2-4-14-7)16-19(17,18)10-5-8(12)6-15-11(10)13/h2-6,16H,1H3. The molecule has 5 nitrogen and oxygen atoms in total. The highest BCUT2D eigenvalue weighted by atomic mass is 79.9. The van der Waals surface area contributed by atoms with E-state index in [9.17, 15) is 8.42 Å². The molecule has 8 heteroatoms. The van der Waals surface area contributed by atoms with E-state index in [0.717, 1.165) is 0 Å². The van der Waals surface area contributed by atoms with Gasteiger partial charge in [0.1, 0.15) is 10.0 Å². The summed E-state index contributed by atoms with van der Waals surface area (Å²) in [6.45, 7) is 1.71. The molecule has 0 aromatic carbocycles. The van der Waals surface area contributed by atoms with Crippen LogP contribution in [0, 0.1) is 6.92 Å². The van der Waals surface area contributed by atoms with Crippen LogP contribution < -0.4 is 4.72 Å². The van der Waals surface area contributed by atoms with Crippen molar-refractivity contribution in [1.29, 1.82) is 0 Å². The Kier molecular flexibility index (Phi) is 4.07. The molecule has 0 radical (unpaired) electrons. The molecule has 2 aromatic heterocycles. The maximum absolute atomic E-state index is 12.2. The molecule has 2 aromatic rings. The lowest BCUT2D eigenvalue weighted by Crippen LogP contribution is -2.15. The number of anilines is 1. The summed E-state index contributed by atoms with van der Waals surface area (Å²) in [5.41, 5.74) is 0.976. The molecule has 0 bridgehead atoms. The molecule has 100 valence electrons. The predicted octanol–water partition coefficient (Wildman–Crippen LogP) is 3.00. The van der Waals surface area contributed by atoms with Crippen molar-refractivity contribution in [2.75, 3.05) is 4.72 Å². The lowest BCUT2D eigenvalue weighted by atomic mass is 10.3. The third-order valence-corrected chi connectivity index (χ3v) is 4.54. The number of hydrogen-bond donors (Lipinski definition) is 1. The van der Waals surface area contributed by atoms with Crippen LogP contribution in [-0.2, 0) is 10.0 Å². The summed E-state index contributed by atoms with van der Waals surface area (Å²) >= 11 is 8.98.